The predicted octanol–water partition coefficient (Wildman–Crippen LogP) is 1.26. The van der Waals surface area contributed by atoms with Crippen molar-refractivity contribution in [3.05, 3.63) is 48.2 Å². The van der Waals surface area contributed by atoms with Crippen molar-refractivity contribution >= 4 is 29.0 Å². The molecule has 1 aliphatic heterocycles. The van der Waals surface area contributed by atoms with Crippen LogP contribution in [0.25, 0.3) is 0 Å². The Labute approximate surface area is 115 Å². The molecule has 20 heavy (non-hydrogen) atoms. The monoisotopic (exact) mass is 268 g/mol. The van der Waals surface area contributed by atoms with Crippen molar-refractivity contribution in [2.75, 3.05) is 22.5 Å². The maximum atomic E-state index is 12.6. The molecule has 0 saturated carbocycles. The SMILES string of the molecule is Nc1ncccc1C(=O)N1CC(=O)Nc2ccccc21. The summed E-state index contributed by atoms with van der Waals surface area (Å²) in [6.45, 7) is -0.0375. The highest BCUT2D eigenvalue weighted by molar-refractivity contribution is 6.16. The first-order valence-corrected chi connectivity index (χ1v) is 6.08. The quantitative estimate of drug-likeness (QED) is 0.815. The number of para-hydroxylation sites is 2. The lowest BCUT2D eigenvalue weighted by atomic mass is 10.1. The molecule has 0 unspecified atom stereocenters. The number of hydrogen-bond donors (Lipinski definition) is 2. The number of nitrogens with one attached hydrogen (secondary N) is 1. The molecule has 0 atom stereocenters. The van der Waals surface area contributed by atoms with Gasteiger partial charge in [-0.3, -0.25) is 14.5 Å². The lowest BCUT2D eigenvalue weighted by molar-refractivity contribution is -0.115. The highest BCUT2D eigenvalue weighted by Crippen LogP contribution is 2.30. The van der Waals surface area contributed by atoms with Gasteiger partial charge in [0.25, 0.3) is 5.91 Å². The number of nitrogens with two attached hydrogens (primary N) is 1. The van der Waals surface area contributed by atoms with Crippen molar-refractivity contribution in [2.45, 2.75) is 0 Å². The summed E-state index contributed by atoms with van der Waals surface area (Å²) in [6, 6.07) is 10.4. The summed E-state index contributed by atoms with van der Waals surface area (Å²) in [6.07, 6.45) is 1.52. The Bertz CT molecular complexity index is 699. The molecule has 6 nitrogen and oxygen atoms in total. The van der Waals surface area contributed by atoms with Gasteiger partial charge in [0.05, 0.1) is 16.9 Å². The summed E-state index contributed by atoms with van der Waals surface area (Å²) >= 11 is 0. The van der Waals surface area contributed by atoms with E-state index in [1.165, 1.54) is 11.1 Å². The van der Waals surface area contributed by atoms with E-state index >= 15 is 0 Å². The van der Waals surface area contributed by atoms with Crippen molar-refractivity contribution in [3.63, 3.8) is 0 Å². The van der Waals surface area contributed by atoms with Crippen molar-refractivity contribution in [1.82, 2.24) is 4.98 Å². The zero-order valence-corrected chi connectivity index (χ0v) is 10.5. The van der Waals surface area contributed by atoms with E-state index in [0.29, 0.717) is 11.4 Å². The van der Waals surface area contributed by atoms with E-state index in [1.54, 1.807) is 30.3 Å². The zero-order chi connectivity index (χ0) is 14.1. The maximum Gasteiger partial charge on any atom is 0.262 e. The van der Waals surface area contributed by atoms with Gasteiger partial charge in [-0.05, 0) is 24.3 Å². The van der Waals surface area contributed by atoms with Gasteiger partial charge in [-0.2, -0.15) is 0 Å². The number of rotatable bonds is 1. The first-order valence-electron chi connectivity index (χ1n) is 6.08. The number of aromatic nitrogens is 1. The minimum atomic E-state index is -0.335. The molecule has 100 valence electrons. The van der Waals surface area contributed by atoms with Crippen LogP contribution in [0.3, 0.4) is 0 Å². The summed E-state index contributed by atoms with van der Waals surface area (Å²) in [5.74, 6) is -0.418. The van der Waals surface area contributed by atoms with Crippen LogP contribution in [0.2, 0.25) is 0 Å². The number of benzene rings is 1. The predicted molar refractivity (Wildman–Crippen MR) is 75.4 cm³/mol. The second-order valence-corrected chi connectivity index (χ2v) is 4.39. The minimum Gasteiger partial charge on any atom is -0.383 e. The van der Waals surface area contributed by atoms with Gasteiger partial charge in [0.15, 0.2) is 0 Å². The van der Waals surface area contributed by atoms with Crippen LogP contribution in [0.15, 0.2) is 42.6 Å². The molecule has 3 N–H and O–H groups in total. The van der Waals surface area contributed by atoms with E-state index < -0.39 is 0 Å². The van der Waals surface area contributed by atoms with Crippen molar-refractivity contribution < 1.29 is 9.59 Å². The molecule has 2 heterocycles. The summed E-state index contributed by atoms with van der Waals surface area (Å²) in [4.78, 5) is 29.6. The van der Waals surface area contributed by atoms with Crippen LogP contribution in [-0.4, -0.2) is 23.3 Å². The fourth-order valence-corrected chi connectivity index (χ4v) is 2.16. The molecule has 0 fully saturated rings. The van der Waals surface area contributed by atoms with Crippen LogP contribution in [0.4, 0.5) is 17.2 Å². The lowest BCUT2D eigenvalue weighted by Crippen LogP contribution is -2.42. The number of nitrogen functional groups attached to an aromatic ring is 1. The van der Waals surface area contributed by atoms with Crippen LogP contribution >= 0.6 is 0 Å². The van der Waals surface area contributed by atoms with Gasteiger partial charge in [-0.1, -0.05) is 12.1 Å². The van der Waals surface area contributed by atoms with Gasteiger partial charge in [0.1, 0.15) is 12.4 Å². The highest BCUT2D eigenvalue weighted by atomic mass is 16.2. The molecule has 2 amide bonds. The third kappa shape index (κ3) is 1.97. The topological polar surface area (TPSA) is 88.3 Å². The van der Waals surface area contributed by atoms with E-state index in [0.717, 1.165) is 0 Å². The zero-order valence-electron chi connectivity index (χ0n) is 10.5. The number of anilines is 3. The van der Waals surface area contributed by atoms with E-state index in [9.17, 15) is 9.59 Å². The average molecular weight is 268 g/mol. The Kier molecular flexibility index (Phi) is 2.83. The Morgan fingerprint density at radius 2 is 2.05 bits per heavy atom. The van der Waals surface area contributed by atoms with E-state index in [-0.39, 0.29) is 29.7 Å². The van der Waals surface area contributed by atoms with Gasteiger partial charge in [-0.25, -0.2) is 4.98 Å². The van der Waals surface area contributed by atoms with Gasteiger partial charge in [-0.15, -0.1) is 0 Å². The van der Waals surface area contributed by atoms with Crippen LogP contribution < -0.4 is 16.0 Å². The van der Waals surface area contributed by atoms with Crippen molar-refractivity contribution in [2.24, 2.45) is 0 Å². The molecule has 0 saturated heterocycles. The van der Waals surface area contributed by atoms with E-state index in [2.05, 4.69) is 10.3 Å². The Balaban J connectivity index is 2.05. The second kappa shape index (κ2) is 4.65. The molecule has 0 spiro atoms. The molecule has 0 radical (unpaired) electrons. The summed E-state index contributed by atoms with van der Waals surface area (Å²) in [5, 5.41) is 2.73. The maximum absolute atomic E-state index is 12.6. The molecular formula is C14H12N4O2. The van der Waals surface area contributed by atoms with Gasteiger partial charge in [0, 0.05) is 6.20 Å². The first-order chi connectivity index (χ1) is 9.66. The molecule has 1 aromatic carbocycles. The smallest absolute Gasteiger partial charge is 0.262 e. The number of hydrogen-bond acceptors (Lipinski definition) is 4. The van der Waals surface area contributed by atoms with Gasteiger partial charge >= 0.3 is 0 Å². The molecule has 1 aromatic heterocycles. The normalized spacial score (nSPS) is 13.6. The van der Waals surface area contributed by atoms with Crippen LogP contribution in [-0.2, 0) is 4.79 Å². The number of fused-ring (bicyclic) bond motifs is 1. The Morgan fingerprint density at radius 1 is 1.25 bits per heavy atom. The van der Waals surface area contributed by atoms with Gasteiger partial charge < -0.3 is 11.1 Å². The summed E-state index contributed by atoms with van der Waals surface area (Å²) in [5.41, 5.74) is 7.28. The largest absolute Gasteiger partial charge is 0.383 e. The minimum absolute atomic E-state index is 0.0375. The molecule has 3 rings (SSSR count). The highest BCUT2D eigenvalue weighted by Gasteiger charge is 2.28. The number of nitrogens with zero attached hydrogens (tertiary/aromatic N) is 2. The molecular weight excluding hydrogens is 256 g/mol. The fourth-order valence-electron chi connectivity index (χ4n) is 2.16. The lowest BCUT2D eigenvalue weighted by Gasteiger charge is -2.29. The van der Waals surface area contributed by atoms with Crippen molar-refractivity contribution in [1.29, 1.82) is 0 Å². The molecule has 2 aromatic rings. The van der Waals surface area contributed by atoms with Crippen molar-refractivity contribution in [3.8, 4) is 0 Å². The third-order valence-electron chi connectivity index (χ3n) is 3.08. The molecule has 1 aliphatic rings. The number of pyridine rings is 1. The second-order valence-electron chi connectivity index (χ2n) is 4.39. The summed E-state index contributed by atoms with van der Waals surface area (Å²) in [7, 11) is 0. The molecule has 0 aliphatic carbocycles. The van der Waals surface area contributed by atoms with E-state index in [1.807, 2.05) is 6.07 Å². The Hall–Kier alpha value is -2.89. The van der Waals surface area contributed by atoms with E-state index in [4.69, 9.17) is 5.73 Å². The fraction of sp³-hybridized carbons (Fsp3) is 0.0714. The van der Waals surface area contributed by atoms with Crippen LogP contribution in [0.1, 0.15) is 10.4 Å². The van der Waals surface area contributed by atoms with Gasteiger partial charge in [0.2, 0.25) is 5.91 Å². The summed E-state index contributed by atoms with van der Waals surface area (Å²) < 4.78 is 0. The number of carbonyl (C=O) groups is 2. The molecule has 6 heteroatoms. The van der Waals surface area contributed by atoms with Crippen LogP contribution in [0, 0.1) is 0 Å². The van der Waals surface area contributed by atoms with Crippen LogP contribution in [0.5, 0.6) is 0 Å². The number of carbonyl (C=O) groups excluding carboxylic acids is 2. The number of amides is 2. The Morgan fingerprint density at radius 3 is 2.85 bits per heavy atom. The first kappa shape index (κ1) is 12.2. The average Bonchev–Trinajstić information content (AvgIpc) is 2.46. The molecule has 0 bridgehead atoms. The standard InChI is InChI=1S/C14H12N4O2/c15-13-9(4-3-7-16-13)14(20)18-8-12(19)17-10-5-1-2-6-11(10)18/h1-7H,8H2,(H2,15,16)(H,17,19). The third-order valence-corrected chi connectivity index (χ3v) is 3.08.